The smallest absolute Gasteiger partial charge is 0.327 e. The fraction of sp³-hybridized carbons (Fsp3) is 0.900. The van der Waals surface area contributed by atoms with E-state index in [0.29, 0.717) is 25.8 Å². The van der Waals surface area contributed by atoms with Gasteiger partial charge in [0, 0.05) is 0 Å². The molecule has 0 aromatic rings. The molecule has 0 amide bonds. The van der Waals surface area contributed by atoms with Gasteiger partial charge in [-0.3, -0.25) is 4.79 Å². The second-order valence-corrected chi connectivity index (χ2v) is 6.79. The molecule has 0 aliphatic carbocycles. The lowest BCUT2D eigenvalue weighted by Gasteiger charge is -2.31. The minimum atomic E-state index is -3.15. The molecule has 2 fully saturated rings. The number of methoxy groups -OCH3 is 1. The maximum absolute atomic E-state index is 11.9. The maximum Gasteiger partial charge on any atom is 0.327 e. The Kier molecular flexibility index (Phi) is 2.96. The highest BCUT2D eigenvalue weighted by atomic mass is 32.2. The van der Waals surface area contributed by atoms with Crippen LogP contribution in [0.4, 0.5) is 0 Å². The molecule has 6 heteroatoms. The molecule has 0 saturated carbocycles. The normalized spacial score (nSPS) is 37.4. The molecule has 0 spiro atoms. The Bertz CT molecular complexity index is 384. The van der Waals surface area contributed by atoms with Crippen LogP contribution < -0.4 is 5.32 Å². The molecular weight excluding hydrogens is 230 g/mol. The van der Waals surface area contributed by atoms with Gasteiger partial charge in [-0.1, -0.05) is 0 Å². The molecule has 5 nitrogen and oxygen atoms in total. The number of carbonyl (C=O) groups excluding carboxylic acids is 1. The largest absolute Gasteiger partial charge is 0.468 e. The van der Waals surface area contributed by atoms with Gasteiger partial charge in [0.25, 0.3) is 0 Å². The lowest BCUT2D eigenvalue weighted by molar-refractivity contribution is -0.148. The van der Waals surface area contributed by atoms with Crippen LogP contribution in [0.15, 0.2) is 0 Å². The van der Waals surface area contributed by atoms with Gasteiger partial charge in [-0.25, -0.2) is 8.42 Å². The Morgan fingerprint density at radius 1 is 1.44 bits per heavy atom. The van der Waals surface area contributed by atoms with Gasteiger partial charge < -0.3 is 10.1 Å². The molecule has 92 valence electrons. The minimum absolute atomic E-state index is 0.193. The van der Waals surface area contributed by atoms with E-state index in [9.17, 15) is 13.2 Å². The predicted molar refractivity (Wildman–Crippen MR) is 58.8 cm³/mol. The molecule has 2 heterocycles. The number of carbonyl (C=O) groups is 1. The first kappa shape index (κ1) is 11.9. The highest BCUT2D eigenvalue weighted by Crippen LogP contribution is 2.36. The van der Waals surface area contributed by atoms with Crippen molar-refractivity contribution >= 4 is 15.8 Å². The first-order valence-electron chi connectivity index (χ1n) is 5.58. The summed E-state index contributed by atoms with van der Waals surface area (Å²) in [6, 6.07) is 0. The van der Waals surface area contributed by atoms with Gasteiger partial charge in [0.2, 0.25) is 0 Å². The van der Waals surface area contributed by atoms with Crippen molar-refractivity contribution in [1.29, 1.82) is 0 Å². The van der Waals surface area contributed by atoms with E-state index in [-0.39, 0.29) is 5.75 Å². The van der Waals surface area contributed by atoms with E-state index in [0.717, 1.165) is 6.42 Å². The number of hydrogen-bond donors (Lipinski definition) is 1. The quantitative estimate of drug-likeness (QED) is 0.688. The Morgan fingerprint density at radius 2 is 2.19 bits per heavy atom. The van der Waals surface area contributed by atoms with Crippen molar-refractivity contribution in [2.75, 3.05) is 19.4 Å². The van der Waals surface area contributed by atoms with Crippen LogP contribution in [0.3, 0.4) is 0 Å². The summed E-state index contributed by atoms with van der Waals surface area (Å²) < 4.78 is 28.6. The second-order valence-electron chi connectivity index (χ2n) is 4.49. The van der Waals surface area contributed by atoms with Crippen molar-refractivity contribution < 1.29 is 17.9 Å². The molecule has 0 aromatic heterocycles. The molecule has 1 N–H and O–H groups in total. The molecule has 2 aliphatic heterocycles. The van der Waals surface area contributed by atoms with Crippen LogP contribution in [0.25, 0.3) is 0 Å². The molecule has 2 rings (SSSR count). The summed E-state index contributed by atoms with van der Waals surface area (Å²) in [5.41, 5.74) is -0.982. The number of hydrogen-bond acceptors (Lipinski definition) is 5. The maximum atomic E-state index is 11.9. The topological polar surface area (TPSA) is 72.5 Å². The average Bonchev–Trinajstić information content (AvgIpc) is 2.83. The first-order valence-corrected chi connectivity index (χ1v) is 7.29. The van der Waals surface area contributed by atoms with Gasteiger partial charge in [-0.15, -0.1) is 0 Å². The molecular formula is C10H17NO4S. The van der Waals surface area contributed by atoms with E-state index in [2.05, 4.69) is 5.32 Å². The van der Waals surface area contributed by atoms with Crippen LogP contribution >= 0.6 is 0 Å². The molecule has 2 unspecified atom stereocenters. The zero-order valence-electron chi connectivity index (χ0n) is 9.36. The van der Waals surface area contributed by atoms with Gasteiger partial charge in [0.15, 0.2) is 9.84 Å². The standard InChI is InChI=1S/C10H17NO4S/c1-15-9(12)10(5-3-6-11-10)8-4-2-7-16(8,13)14/h8,11H,2-7H2,1H3. The SMILES string of the molecule is COC(=O)C1(C2CCCS2(=O)=O)CCCN1. The van der Waals surface area contributed by atoms with Crippen LogP contribution in [0, 0.1) is 0 Å². The zero-order chi connectivity index (χ0) is 11.8. The van der Waals surface area contributed by atoms with Crippen molar-refractivity contribution in [3.05, 3.63) is 0 Å². The summed E-state index contributed by atoms with van der Waals surface area (Å²) in [5, 5.41) is 2.46. The molecule has 2 aliphatic rings. The Balaban J connectivity index is 2.37. The van der Waals surface area contributed by atoms with Gasteiger partial charge in [-0.05, 0) is 32.2 Å². The van der Waals surface area contributed by atoms with E-state index in [1.165, 1.54) is 7.11 Å². The number of esters is 1. The predicted octanol–water partition coefficient (Wildman–Crippen LogP) is -0.141. The van der Waals surface area contributed by atoms with E-state index < -0.39 is 26.6 Å². The van der Waals surface area contributed by atoms with Crippen molar-refractivity contribution in [2.45, 2.75) is 36.5 Å². The lowest BCUT2D eigenvalue weighted by atomic mass is 9.90. The monoisotopic (exact) mass is 247 g/mol. The molecule has 0 aromatic carbocycles. The van der Waals surface area contributed by atoms with Gasteiger partial charge in [0.1, 0.15) is 5.54 Å². The molecule has 0 radical (unpaired) electrons. The van der Waals surface area contributed by atoms with Gasteiger partial charge in [-0.2, -0.15) is 0 Å². The summed E-state index contributed by atoms with van der Waals surface area (Å²) in [7, 11) is -1.84. The van der Waals surface area contributed by atoms with E-state index in [1.54, 1.807) is 0 Å². The third-order valence-electron chi connectivity index (χ3n) is 3.62. The Morgan fingerprint density at radius 3 is 2.62 bits per heavy atom. The fourth-order valence-electron chi connectivity index (χ4n) is 2.87. The number of rotatable bonds is 2. The highest BCUT2D eigenvalue weighted by molar-refractivity contribution is 7.92. The number of sulfone groups is 1. The average molecular weight is 247 g/mol. The molecule has 16 heavy (non-hydrogen) atoms. The summed E-state index contributed by atoms with van der Waals surface area (Å²) in [6.45, 7) is 0.682. The van der Waals surface area contributed by atoms with Crippen molar-refractivity contribution in [1.82, 2.24) is 5.32 Å². The summed E-state index contributed by atoms with van der Waals surface area (Å²) in [5.74, 6) is -0.238. The molecule has 2 saturated heterocycles. The van der Waals surface area contributed by atoms with Crippen molar-refractivity contribution in [3.8, 4) is 0 Å². The van der Waals surface area contributed by atoms with E-state index in [4.69, 9.17) is 4.74 Å². The highest BCUT2D eigenvalue weighted by Gasteiger charge is 2.55. The van der Waals surface area contributed by atoms with Crippen molar-refractivity contribution in [2.24, 2.45) is 0 Å². The zero-order valence-corrected chi connectivity index (χ0v) is 10.2. The number of ether oxygens (including phenoxy) is 1. The third kappa shape index (κ3) is 1.64. The number of nitrogens with one attached hydrogen (secondary N) is 1. The van der Waals surface area contributed by atoms with E-state index in [1.807, 2.05) is 0 Å². The summed E-state index contributed by atoms with van der Waals surface area (Å²) in [4.78, 5) is 11.9. The summed E-state index contributed by atoms with van der Waals surface area (Å²) >= 11 is 0. The van der Waals surface area contributed by atoms with Crippen LogP contribution in [0.1, 0.15) is 25.7 Å². The van der Waals surface area contributed by atoms with Crippen molar-refractivity contribution in [3.63, 3.8) is 0 Å². The van der Waals surface area contributed by atoms with Gasteiger partial charge >= 0.3 is 5.97 Å². The Hall–Kier alpha value is -0.620. The van der Waals surface area contributed by atoms with Gasteiger partial charge in [0.05, 0.1) is 18.1 Å². The van der Waals surface area contributed by atoms with E-state index >= 15 is 0 Å². The fourth-order valence-corrected chi connectivity index (χ4v) is 5.16. The van der Waals surface area contributed by atoms with Crippen LogP contribution in [0.5, 0.6) is 0 Å². The second kappa shape index (κ2) is 4.00. The van der Waals surface area contributed by atoms with Crippen LogP contribution in [-0.2, 0) is 19.4 Å². The van der Waals surface area contributed by atoms with Crippen LogP contribution in [-0.4, -0.2) is 44.6 Å². The minimum Gasteiger partial charge on any atom is -0.468 e. The molecule has 2 atom stereocenters. The first-order chi connectivity index (χ1) is 7.53. The summed E-state index contributed by atoms with van der Waals surface area (Å²) in [6.07, 6.45) is 2.59. The third-order valence-corrected chi connectivity index (χ3v) is 5.98. The van der Waals surface area contributed by atoms with Crippen LogP contribution in [0.2, 0.25) is 0 Å². The Labute approximate surface area is 95.5 Å². The lowest BCUT2D eigenvalue weighted by Crippen LogP contribution is -2.58. The molecule has 0 bridgehead atoms.